The molecule has 4 fully saturated rings. The number of carbonyl (C=O) groups is 5. The molecule has 10 unspecified atom stereocenters. The zero-order valence-electron chi connectivity index (χ0n) is 30.3. The van der Waals surface area contributed by atoms with Gasteiger partial charge in [0.1, 0.15) is 12.7 Å². The van der Waals surface area contributed by atoms with Gasteiger partial charge in [-0.25, -0.2) is 14.4 Å². The molecule has 1 spiro atoms. The molecule has 0 N–H and O–H groups in total. The lowest BCUT2D eigenvalue weighted by atomic mass is 9.47. The highest BCUT2D eigenvalue weighted by molar-refractivity contribution is 6.31. The van der Waals surface area contributed by atoms with Crippen LogP contribution in [-0.2, 0) is 38.1 Å². The molecule has 4 aliphatic carbocycles. The van der Waals surface area contributed by atoms with Gasteiger partial charge in [-0.2, -0.15) is 0 Å². The summed E-state index contributed by atoms with van der Waals surface area (Å²) in [5, 5.41) is 0.989. The van der Waals surface area contributed by atoms with Gasteiger partial charge in [0, 0.05) is 29.3 Å². The largest absolute Gasteiger partial charge is 0.459 e. The van der Waals surface area contributed by atoms with Gasteiger partial charge in [0.25, 0.3) is 0 Å². The number of benzene rings is 2. The number of ether oxygens (including phenoxy) is 5. The molecule has 2 aromatic carbocycles. The van der Waals surface area contributed by atoms with E-state index in [1.54, 1.807) is 54.6 Å². The van der Waals surface area contributed by atoms with Gasteiger partial charge in [0.05, 0.1) is 22.8 Å². The Morgan fingerprint density at radius 3 is 2.22 bits per heavy atom. The highest BCUT2D eigenvalue weighted by Gasteiger charge is 2.85. The third-order valence-electron chi connectivity index (χ3n) is 13.4. The second-order valence-corrected chi connectivity index (χ2v) is 16.9. The van der Waals surface area contributed by atoms with Crippen LogP contribution in [0.25, 0.3) is 0 Å². The number of rotatable bonds is 8. The Balaban J connectivity index is 0.981. The van der Waals surface area contributed by atoms with Crippen molar-refractivity contribution >= 4 is 52.9 Å². The number of ketones is 1. The second-order valence-electron chi connectivity index (χ2n) is 16.0. The van der Waals surface area contributed by atoms with Crippen LogP contribution in [-0.4, -0.2) is 65.8 Å². The highest BCUT2D eigenvalue weighted by Crippen LogP contribution is 2.71. The van der Waals surface area contributed by atoms with Crippen LogP contribution >= 0.6 is 23.2 Å². The van der Waals surface area contributed by atoms with Gasteiger partial charge in [-0.3, -0.25) is 9.59 Å². The van der Waals surface area contributed by atoms with Crippen molar-refractivity contribution in [1.82, 2.24) is 0 Å². The Morgan fingerprint density at radius 1 is 0.907 bits per heavy atom. The minimum atomic E-state index is -1.63. The van der Waals surface area contributed by atoms with E-state index in [-0.39, 0.29) is 47.6 Å². The Labute approximate surface area is 323 Å². The van der Waals surface area contributed by atoms with Crippen molar-refractivity contribution in [2.75, 3.05) is 6.61 Å². The van der Waals surface area contributed by atoms with E-state index in [9.17, 15) is 24.0 Å². The fourth-order valence-corrected chi connectivity index (χ4v) is 11.1. The molecule has 10 nitrogen and oxygen atoms in total. The molecule has 1 saturated heterocycles. The molecule has 0 bridgehead atoms. The van der Waals surface area contributed by atoms with E-state index in [0.29, 0.717) is 52.4 Å². The fourth-order valence-electron chi connectivity index (χ4n) is 10.9. The Morgan fingerprint density at radius 2 is 1.57 bits per heavy atom. The maximum absolute atomic E-state index is 14.2. The number of halogens is 2. The molecule has 0 amide bonds. The normalized spacial score (nSPS) is 36.2. The lowest BCUT2D eigenvalue weighted by molar-refractivity contribution is -0.205. The van der Waals surface area contributed by atoms with Gasteiger partial charge in [-0.1, -0.05) is 35.7 Å². The molecule has 12 heteroatoms. The van der Waals surface area contributed by atoms with Crippen LogP contribution in [0, 0.1) is 29.1 Å². The maximum Gasteiger partial charge on any atom is 0.338 e. The number of hydrogen-bond acceptors (Lipinski definition) is 10. The van der Waals surface area contributed by atoms with Crippen LogP contribution < -0.4 is 0 Å². The van der Waals surface area contributed by atoms with Gasteiger partial charge in [0.2, 0.25) is 11.4 Å². The number of hydrogen-bond donors (Lipinski definition) is 0. The van der Waals surface area contributed by atoms with Crippen molar-refractivity contribution in [2.45, 2.75) is 95.2 Å². The summed E-state index contributed by atoms with van der Waals surface area (Å²) in [6.45, 7) is 5.33. The second kappa shape index (κ2) is 13.6. The van der Waals surface area contributed by atoms with Crippen molar-refractivity contribution in [1.29, 1.82) is 0 Å². The van der Waals surface area contributed by atoms with Gasteiger partial charge in [-0.05, 0) is 129 Å². The lowest BCUT2D eigenvalue weighted by Gasteiger charge is -2.57. The number of cyclic esters (lactones) is 1. The van der Waals surface area contributed by atoms with Crippen LogP contribution in [0.1, 0.15) is 86.4 Å². The maximum atomic E-state index is 14.2. The number of fused-ring (bicyclic) bond motifs is 4. The number of esters is 4. The predicted molar refractivity (Wildman–Crippen MR) is 196 cm³/mol. The highest BCUT2D eigenvalue weighted by atomic mass is 35.5. The van der Waals surface area contributed by atoms with Gasteiger partial charge in [0.15, 0.2) is 11.7 Å². The molecule has 8 rings (SSSR count). The lowest BCUT2D eigenvalue weighted by Crippen LogP contribution is -2.71. The van der Waals surface area contributed by atoms with Crippen LogP contribution in [0.5, 0.6) is 0 Å². The average molecular weight is 778 g/mol. The third-order valence-corrected chi connectivity index (χ3v) is 13.9. The first-order valence-electron chi connectivity index (χ1n) is 18.7. The zero-order valence-corrected chi connectivity index (χ0v) is 31.8. The first-order valence-corrected chi connectivity index (χ1v) is 19.4. The monoisotopic (exact) mass is 776 g/mol. The molecule has 54 heavy (non-hydrogen) atoms. The molecule has 0 radical (unpaired) electrons. The first kappa shape index (κ1) is 37.0. The molecule has 2 aromatic rings. The van der Waals surface area contributed by atoms with Crippen molar-refractivity contribution < 1.29 is 47.7 Å². The summed E-state index contributed by atoms with van der Waals surface area (Å²) in [5.41, 5.74) is -1.19. The third kappa shape index (κ3) is 5.91. The fraction of sp³-hybridized carbons (Fsp3) is 0.500. The molecule has 2 heterocycles. The first-order chi connectivity index (χ1) is 25.8. The van der Waals surface area contributed by atoms with Crippen LogP contribution in [0.2, 0.25) is 10.0 Å². The topological polar surface area (TPSA) is 135 Å². The van der Waals surface area contributed by atoms with Crippen molar-refractivity contribution in [3.8, 4) is 0 Å². The average Bonchev–Trinajstić information content (AvgIpc) is 3.77. The number of epoxide rings is 1. The molecular weight excluding hydrogens is 735 g/mol. The van der Waals surface area contributed by atoms with Crippen LogP contribution in [0.15, 0.2) is 71.8 Å². The summed E-state index contributed by atoms with van der Waals surface area (Å²) in [7, 11) is 0. The molecular formula is C42H42Cl2O10. The SMILES string of the molecule is CC(=O)OC12C(=O)C=CC(OC(=O)c3ccc(Cl)cc3)C13OC3CC1C3CCC(CC4CC(C)=C(COC(=O)c5ccc(Cl)cc5)C(=O)O4)C3(C)CCC12. The van der Waals surface area contributed by atoms with Crippen LogP contribution in [0.3, 0.4) is 0 Å². The Hall–Kier alpha value is -3.99. The van der Waals surface area contributed by atoms with E-state index < -0.39 is 47.3 Å². The smallest absolute Gasteiger partial charge is 0.338 e. The van der Waals surface area contributed by atoms with E-state index in [1.807, 2.05) is 6.92 Å². The minimum absolute atomic E-state index is 0.0225. The molecule has 3 saturated carbocycles. The summed E-state index contributed by atoms with van der Waals surface area (Å²) in [4.78, 5) is 66.2. The predicted octanol–water partition coefficient (Wildman–Crippen LogP) is 7.44. The van der Waals surface area contributed by atoms with Crippen molar-refractivity contribution in [3.63, 3.8) is 0 Å². The van der Waals surface area contributed by atoms with Crippen molar-refractivity contribution in [2.24, 2.45) is 29.1 Å². The molecule has 284 valence electrons. The molecule has 2 aliphatic heterocycles. The summed E-state index contributed by atoms with van der Waals surface area (Å²) in [6.07, 6.45) is 6.38. The molecule has 0 aromatic heterocycles. The summed E-state index contributed by atoms with van der Waals surface area (Å²) < 4.78 is 30.2. The van der Waals surface area contributed by atoms with Gasteiger partial charge < -0.3 is 23.7 Å². The van der Waals surface area contributed by atoms with Gasteiger partial charge in [-0.15, -0.1) is 0 Å². The minimum Gasteiger partial charge on any atom is -0.459 e. The Bertz CT molecular complexity index is 1970. The van der Waals surface area contributed by atoms with E-state index in [4.69, 9.17) is 46.9 Å². The van der Waals surface area contributed by atoms with E-state index >= 15 is 0 Å². The summed E-state index contributed by atoms with van der Waals surface area (Å²) in [5.74, 6) is -2.37. The van der Waals surface area contributed by atoms with E-state index in [0.717, 1.165) is 24.8 Å². The quantitative estimate of drug-likeness (QED) is 0.151. The van der Waals surface area contributed by atoms with E-state index in [2.05, 4.69) is 6.92 Å². The molecule has 10 atom stereocenters. The molecule has 6 aliphatic rings. The Kier molecular flexibility index (Phi) is 9.33. The van der Waals surface area contributed by atoms with Crippen molar-refractivity contribution in [3.05, 3.63) is 93.0 Å². The summed E-state index contributed by atoms with van der Waals surface area (Å²) >= 11 is 12.0. The number of carbonyl (C=O) groups excluding carboxylic acids is 5. The standard InChI is InChI=1S/C42H42Cl2O10/c1-22-18-29(51-39(49)31(22)21-50-37(47)24-4-9-27(43)10-5-24)19-26-8-13-32-30-20-36-42(54-36)35(52-38(48)25-6-11-28(44)12-7-25)15-14-34(46)41(42,53-23(2)45)33(30)16-17-40(26,32)3/h4-7,9-12,14-15,26,29-30,32-33,35-36H,8,13,16-21H2,1-3H3. The van der Waals surface area contributed by atoms with Crippen LogP contribution in [0.4, 0.5) is 0 Å². The van der Waals surface area contributed by atoms with E-state index in [1.165, 1.54) is 13.0 Å². The van der Waals surface area contributed by atoms with Gasteiger partial charge >= 0.3 is 23.9 Å². The summed E-state index contributed by atoms with van der Waals surface area (Å²) in [6, 6.07) is 12.7. The zero-order chi connectivity index (χ0) is 38.2.